The number of furan rings is 1. The van der Waals surface area contributed by atoms with Crippen LogP contribution in [0.4, 0.5) is 0 Å². The number of nitrogens with one attached hydrogen (secondary N) is 2. The van der Waals surface area contributed by atoms with E-state index >= 15 is 0 Å². The van der Waals surface area contributed by atoms with Crippen LogP contribution in [0.15, 0.2) is 52.1 Å². The zero-order valence-corrected chi connectivity index (χ0v) is 20.3. The van der Waals surface area contributed by atoms with E-state index in [1.165, 1.54) is 11.1 Å². The predicted octanol–water partition coefficient (Wildman–Crippen LogP) is 3.46. The van der Waals surface area contributed by atoms with Gasteiger partial charge < -0.3 is 19.8 Å². The Balaban J connectivity index is 0.00000320. The molecule has 1 saturated heterocycles. The summed E-state index contributed by atoms with van der Waals surface area (Å²) >= 11 is 0. The summed E-state index contributed by atoms with van der Waals surface area (Å²) in [6.07, 6.45) is 4.67. The highest BCUT2D eigenvalue weighted by Gasteiger charge is 2.09. The molecule has 2 heterocycles. The van der Waals surface area contributed by atoms with Crippen LogP contribution in [0.3, 0.4) is 0 Å². The van der Waals surface area contributed by atoms with E-state index in [0.29, 0.717) is 6.54 Å². The van der Waals surface area contributed by atoms with Crippen molar-refractivity contribution < 1.29 is 9.15 Å². The zero-order valence-electron chi connectivity index (χ0n) is 17.9. The fourth-order valence-electron chi connectivity index (χ4n) is 3.49. The van der Waals surface area contributed by atoms with Gasteiger partial charge in [0.05, 0.1) is 26.0 Å². The SMILES string of the molecule is CCc1ccccc1CN=C(NCCCN1CCOCC1)NCCc1ccco1.I. The predicted molar refractivity (Wildman–Crippen MR) is 133 cm³/mol. The van der Waals surface area contributed by atoms with Gasteiger partial charge in [-0.3, -0.25) is 4.90 Å². The molecule has 3 rings (SSSR count). The highest BCUT2D eigenvalue weighted by atomic mass is 127. The Bertz CT molecular complexity index is 731. The number of ether oxygens (including phenoxy) is 1. The minimum Gasteiger partial charge on any atom is -0.469 e. The maximum Gasteiger partial charge on any atom is 0.191 e. The molecule has 30 heavy (non-hydrogen) atoms. The summed E-state index contributed by atoms with van der Waals surface area (Å²) in [4.78, 5) is 7.30. The fourth-order valence-corrected chi connectivity index (χ4v) is 3.49. The van der Waals surface area contributed by atoms with Crippen molar-refractivity contribution in [2.75, 3.05) is 45.9 Å². The van der Waals surface area contributed by atoms with E-state index in [2.05, 4.69) is 46.7 Å². The summed E-state index contributed by atoms with van der Waals surface area (Å²) < 4.78 is 10.8. The number of rotatable bonds is 10. The van der Waals surface area contributed by atoms with Crippen LogP contribution in [0.1, 0.15) is 30.2 Å². The lowest BCUT2D eigenvalue weighted by Crippen LogP contribution is -2.41. The number of halogens is 1. The quantitative estimate of drug-likeness (QED) is 0.215. The van der Waals surface area contributed by atoms with E-state index in [4.69, 9.17) is 14.1 Å². The molecule has 0 aliphatic carbocycles. The standard InChI is InChI=1S/C23H34N4O2.HI/c1-2-20-7-3-4-8-21(20)19-26-23(25-12-10-22-9-5-16-29-22)24-11-6-13-27-14-17-28-18-15-27;/h3-5,7-9,16H,2,6,10-15,17-19H2,1H3,(H2,24,25,26);1H. The molecule has 1 fully saturated rings. The van der Waals surface area contributed by atoms with Crippen LogP contribution in [0.25, 0.3) is 0 Å². The van der Waals surface area contributed by atoms with E-state index in [1.807, 2.05) is 12.1 Å². The van der Waals surface area contributed by atoms with Crippen molar-refractivity contribution in [3.63, 3.8) is 0 Å². The molecule has 166 valence electrons. The summed E-state index contributed by atoms with van der Waals surface area (Å²) in [7, 11) is 0. The Morgan fingerprint density at radius 3 is 2.53 bits per heavy atom. The van der Waals surface area contributed by atoms with E-state index in [9.17, 15) is 0 Å². The van der Waals surface area contributed by atoms with Gasteiger partial charge in [-0.25, -0.2) is 4.99 Å². The number of nitrogens with zero attached hydrogens (tertiary/aromatic N) is 2. The summed E-state index contributed by atoms with van der Waals surface area (Å²) in [6, 6.07) is 12.5. The Morgan fingerprint density at radius 2 is 1.80 bits per heavy atom. The Morgan fingerprint density at radius 1 is 1.03 bits per heavy atom. The van der Waals surface area contributed by atoms with Crippen molar-refractivity contribution in [3.05, 3.63) is 59.5 Å². The first-order valence-corrected chi connectivity index (χ1v) is 10.8. The van der Waals surface area contributed by atoms with Gasteiger partial charge in [0, 0.05) is 32.6 Å². The van der Waals surface area contributed by atoms with Crippen LogP contribution in [0, 0.1) is 0 Å². The molecule has 7 heteroatoms. The maximum absolute atomic E-state index is 5.42. The zero-order chi connectivity index (χ0) is 20.2. The van der Waals surface area contributed by atoms with Crippen molar-refractivity contribution >= 4 is 29.9 Å². The van der Waals surface area contributed by atoms with E-state index in [0.717, 1.165) is 76.9 Å². The molecule has 0 bridgehead atoms. The third kappa shape index (κ3) is 8.65. The van der Waals surface area contributed by atoms with Crippen LogP contribution in [0.5, 0.6) is 0 Å². The number of morpholine rings is 1. The number of aliphatic imine (C=N–C) groups is 1. The number of hydrogen-bond acceptors (Lipinski definition) is 4. The molecule has 0 radical (unpaired) electrons. The lowest BCUT2D eigenvalue weighted by Gasteiger charge is -2.26. The summed E-state index contributed by atoms with van der Waals surface area (Å²) in [5, 5.41) is 6.95. The molecule has 0 amide bonds. The summed E-state index contributed by atoms with van der Waals surface area (Å²) in [6.45, 7) is 9.44. The van der Waals surface area contributed by atoms with Crippen LogP contribution >= 0.6 is 24.0 Å². The van der Waals surface area contributed by atoms with Crippen molar-refractivity contribution in [3.8, 4) is 0 Å². The minimum atomic E-state index is 0. The molecule has 1 aliphatic heterocycles. The number of guanidine groups is 1. The van der Waals surface area contributed by atoms with Crippen molar-refractivity contribution in [2.45, 2.75) is 32.7 Å². The Labute approximate surface area is 197 Å². The van der Waals surface area contributed by atoms with Crippen LogP contribution in [-0.4, -0.2) is 56.8 Å². The second-order valence-corrected chi connectivity index (χ2v) is 7.28. The van der Waals surface area contributed by atoms with Gasteiger partial charge in [0.25, 0.3) is 0 Å². The second-order valence-electron chi connectivity index (χ2n) is 7.28. The first kappa shape index (κ1) is 24.7. The van der Waals surface area contributed by atoms with Gasteiger partial charge in [-0.15, -0.1) is 24.0 Å². The number of benzene rings is 1. The van der Waals surface area contributed by atoms with Crippen molar-refractivity contribution in [2.24, 2.45) is 4.99 Å². The average molecular weight is 526 g/mol. The topological polar surface area (TPSA) is 62.0 Å². The molecule has 2 N–H and O–H groups in total. The van der Waals surface area contributed by atoms with Gasteiger partial charge in [0.15, 0.2) is 5.96 Å². The monoisotopic (exact) mass is 526 g/mol. The van der Waals surface area contributed by atoms with Gasteiger partial charge in [-0.05, 0) is 42.6 Å². The van der Waals surface area contributed by atoms with Gasteiger partial charge in [0.2, 0.25) is 0 Å². The Kier molecular flexibility index (Phi) is 11.9. The molecule has 1 aromatic heterocycles. The van der Waals surface area contributed by atoms with E-state index in [1.54, 1.807) is 6.26 Å². The number of hydrogen-bond donors (Lipinski definition) is 2. The average Bonchev–Trinajstić information content (AvgIpc) is 3.29. The molecule has 0 spiro atoms. The third-order valence-electron chi connectivity index (χ3n) is 5.20. The largest absolute Gasteiger partial charge is 0.469 e. The van der Waals surface area contributed by atoms with E-state index in [-0.39, 0.29) is 24.0 Å². The molecule has 2 aromatic rings. The lowest BCUT2D eigenvalue weighted by atomic mass is 10.1. The highest BCUT2D eigenvalue weighted by Crippen LogP contribution is 2.10. The molecule has 1 aromatic carbocycles. The lowest BCUT2D eigenvalue weighted by molar-refractivity contribution is 0.0376. The highest BCUT2D eigenvalue weighted by molar-refractivity contribution is 14.0. The van der Waals surface area contributed by atoms with Crippen molar-refractivity contribution in [1.82, 2.24) is 15.5 Å². The molecular formula is C23H35IN4O2. The summed E-state index contributed by atoms with van der Waals surface area (Å²) in [5.41, 5.74) is 2.65. The molecule has 0 saturated carbocycles. The van der Waals surface area contributed by atoms with Gasteiger partial charge in [-0.2, -0.15) is 0 Å². The van der Waals surface area contributed by atoms with Gasteiger partial charge in [-0.1, -0.05) is 31.2 Å². The minimum absolute atomic E-state index is 0. The molecule has 0 unspecified atom stereocenters. The normalized spacial score (nSPS) is 14.9. The number of aryl methyl sites for hydroxylation is 1. The van der Waals surface area contributed by atoms with Crippen LogP contribution in [0.2, 0.25) is 0 Å². The van der Waals surface area contributed by atoms with Crippen molar-refractivity contribution in [1.29, 1.82) is 0 Å². The van der Waals surface area contributed by atoms with Crippen LogP contribution < -0.4 is 10.6 Å². The first-order valence-electron chi connectivity index (χ1n) is 10.8. The third-order valence-corrected chi connectivity index (χ3v) is 5.20. The maximum atomic E-state index is 5.42. The second kappa shape index (κ2) is 14.4. The smallest absolute Gasteiger partial charge is 0.191 e. The Hall–Kier alpha value is -1.58. The molecule has 6 nitrogen and oxygen atoms in total. The molecule has 0 atom stereocenters. The van der Waals surface area contributed by atoms with Gasteiger partial charge >= 0.3 is 0 Å². The van der Waals surface area contributed by atoms with Gasteiger partial charge in [0.1, 0.15) is 5.76 Å². The summed E-state index contributed by atoms with van der Waals surface area (Å²) in [5.74, 6) is 1.85. The molecular weight excluding hydrogens is 491 g/mol. The van der Waals surface area contributed by atoms with E-state index < -0.39 is 0 Å². The molecule has 1 aliphatic rings. The fraction of sp³-hybridized carbons (Fsp3) is 0.522. The first-order chi connectivity index (χ1) is 14.3. The van der Waals surface area contributed by atoms with Crippen LogP contribution in [-0.2, 0) is 24.1 Å².